The van der Waals surface area contributed by atoms with Crippen molar-refractivity contribution in [3.63, 3.8) is 0 Å². The minimum Gasteiger partial charge on any atom is -0.224 e. The summed E-state index contributed by atoms with van der Waals surface area (Å²) < 4.78 is 49.9. The second-order valence-electron chi connectivity index (χ2n) is 4.19. The molecule has 1 aromatic heterocycles. The predicted molar refractivity (Wildman–Crippen MR) is 74.6 cm³/mol. The summed E-state index contributed by atoms with van der Waals surface area (Å²) in [5, 5.41) is 4.98. The van der Waals surface area contributed by atoms with Crippen LogP contribution < -0.4 is 14.6 Å². The first-order valence-electron chi connectivity index (χ1n) is 5.48. The van der Waals surface area contributed by atoms with Crippen LogP contribution in [-0.4, -0.2) is 29.4 Å². The Labute approximate surface area is 117 Å². The largest absolute Gasteiger partial charge is 0.277 e. The van der Waals surface area contributed by atoms with Crippen molar-refractivity contribution in [3.8, 4) is 0 Å². The molecule has 0 radical (unpaired) electrons. The van der Waals surface area contributed by atoms with Gasteiger partial charge < -0.3 is 0 Å². The van der Waals surface area contributed by atoms with E-state index in [0.717, 1.165) is 16.2 Å². The zero-order valence-electron chi connectivity index (χ0n) is 10.6. The summed E-state index contributed by atoms with van der Waals surface area (Å²) in [5.41, 5.74) is 0. The van der Waals surface area contributed by atoms with Crippen LogP contribution >= 0.6 is 11.3 Å². The Morgan fingerprint density at radius 3 is 2.37 bits per heavy atom. The van der Waals surface area contributed by atoms with Gasteiger partial charge in [-0.25, -0.2) is 18.3 Å². The van der Waals surface area contributed by atoms with Crippen molar-refractivity contribution in [3.05, 3.63) is 17.0 Å². The third kappa shape index (κ3) is 5.97. The third-order valence-electron chi connectivity index (χ3n) is 1.97. The lowest BCUT2D eigenvalue weighted by atomic mass is 10.3. The van der Waals surface area contributed by atoms with E-state index in [9.17, 15) is 16.8 Å². The number of nitrogens with two attached hydrogens (primary N) is 1. The van der Waals surface area contributed by atoms with Crippen LogP contribution in [0.25, 0.3) is 0 Å². The standard InChI is InChI=1S/C9H17N3O4S3/c1-7(2)12-19(15,16)11-6-5-8-3-4-9(17-8)18(10,13)14/h3-4,7,11-12H,5-6H2,1-2H3,(H2,10,13,14). The summed E-state index contributed by atoms with van der Waals surface area (Å²) in [6, 6.07) is 2.85. The number of hydrogen-bond acceptors (Lipinski definition) is 5. The van der Waals surface area contributed by atoms with Crippen molar-refractivity contribution in [2.24, 2.45) is 5.14 Å². The van der Waals surface area contributed by atoms with Gasteiger partial charge in [-0.3, -0.25) is 0 Å². The molecule has 110 valence electrons. The van der Waals surface area contributed by atoms with Gasteiger partial charge in [-0.15, -0.1) is 11.3 Å². The van der Waals surface area contributed by atoms with Gasteiger partial charge in [-0.2, -0.15) is 13.1 Å². The average Bonchev–Trinajstić information content (AvgIpc) is 2.62. The lowest BCUT2D eigenvalue weighted by Gasteiger charge is -2.09. The molecule has 7 nitrogen and oxygen atoms in total. The quantitative estimate of drug-likeness (QED) is 0.641. The minimum absolute atomic E-state index is 0.0747. The van der Waals surface area contributed by atoms with Gasteiger partial charge in [0.05, 0.1) is 0 Å². The van der Waals surface area contributed by atoms with E-state index in [4.69, 9.17) is 5.14 Å². The number of rotatable bonds is 7. The van der Waals surface area contributed by atoms with Crippen molar-refractivity contribution < 1.29 is 16.8 Å². The number of hydrogen-bond donors (Lipinski definition) is 3. The highest BCUT2D eigenvalue weighted by Crippen LogP contribution is 2.20. The number of primary sulfonamides is 1. The van der Waals surface area contributed by atoms with Crippen LogP contribution in [0, 0.1) is 0 Å². The predicted octanol–water partition coefficient (Wildman–Crippen LogP) is -0.230. The molecule has 0 bridgehead atoms. The molecule has 0 atom stereocenters. The molecule has 0 spiro atoms. The van der Waals surface area contributed by atoms with Crippen molar-refractivity contribution >= 4 is 31.6 Å². The van der Waals surface area contributed by atoms with E-state index >= 15 is 0 Å². The van der Waals surface area contributed by atoms with E-state index in [2.05, 4.69) is 9.44 Å². The molecule has 0 aliphatic carbocycles. The maximum atomic E-state index is 11.5. The second-order valence-corrected chi connectivity index (χ2v) is 8.67. The molecule has 0 unspecified atom stereocenters. The lowest BCUT2D eigenvalue weighted by Crippen LogP contribution is -2.40. The van der Waals surface area contributed by atoms with Crippen molar-refractivity contribution in [2.45, 2.75) is 30.5 Å². The summed E-state index contributed by atoms with van der Waals surface area (Å²) >= 11 is 1.04. The molecule has 0 saturated heterocycles. The van der Waals surface area contributed by atoms with Gasteiger partial charge in [0.15, 0.2) is 0 Å². The number of sulfonamides is 1. The molecule has 10 heteroatoms. The van der Waals surface area contributed by atoms with Gasteiger partial charge in [0.1, 0.15) is 4.21 Å². The molecule has 1 aromatic rings. The molecule has 0 fully saturated rings. The van der Waals surface area contributed by atoms with Crippen LogP contribution in [0.3, 0.4) is 0 Å². The lowest BCUT2D eigenvalue weighted by molar-refractivity contribution is 0.555. The first kappa shape index (κ1) is 16.5. The van der Waals surface area contributed by atoms with Crippen molar-refractivity contribution in [2.75, 3.05) is 6.54 Å². The maximum Gasteiger partial charge on any atom is 0.277 e. The van der Waals surface area contributed by atoms with Gasteiger partial charge in [0, 0.05) is 17.5 Å². The van der Waals surface area contributed by atoms with Crippen LogP contribution in [0.1, 0.15) is 18.7 Å². The fourth-order valence-corrected chi connectivity index (χ4v) is 4.16. The van der Waals surface area contributed by atoms with E-state index in [-0.39, 0.29) is 16.8 Å². The van der Waals surface area contributed by atoms with Crippen LogP contribution in [-0.2, 0) is 26.7 Å². The Kier molecular flexibility index (Phi) is 5.47. The van der Waals surface area contributed by atoms with E-state index in [0.29, 0.717) is 6.42 Å². The summed E-state index contributed by atoms with van der Waals surface area (Å²) in [6.07, 6.45) is 0.402. The van der Waals surface area contributed by atoms with Crippen LogP contribution in [0.5, 0.6) is 0 Å². The molecule has 0 amide bonds. The van der Waals surface area contributed by atoms with E-state index < -0.39 is 20.2 Å². The Morgan fingerprint density at radius 1 is 1.26 bits per heavy atom. The zero-order chi connectivity index (χ0) is 14.7. The van der Waals surface area contributed by atoms with Gasteiger partial charge in [-0.1, -0.05) is 0 Å². The fraction of sp³-hybridized carbons (Fsp3) is 0.556. The molecular formula is C9H17N3O4S3. The Balaban J connectivity index is 2.53. The molecule has 1 heterocycles. The molecule has 0 aromatic carbocycles. The smallest absolute Gasteiger partial charge is 0.224 e. The van der Waals surface area contributed by atoms with E-state index in [1.54, 1.807) is 19.9 Å². The highest BCUT2D eigenvalue weighted by molar-refractivity contribution is 7.91. The molecule has 0 saturated carbocycles. The third-order valence-corrected chi connectivity index (χ3v) is 5.92. The summed E-state index contributed by atoms with van der Waals surface area (Å²) in [5.74, 6) is 0. The van der Waals surface area contributed by atoms with Crippen molar-refractivity contribution in [1.82, 2.24) is 9.44 Å². The summed E-state index contributed by atoms with van der Waals surface area (Å²) in [7, 11) is -7.19. The average molecular weight is 327 g/mol. The number of thiophene rings is 1. The van der Waals surface area contributed by atoms with Crippen LogP contribution in [0.2, 0.25) is 0 Å². The Bertz CT molecular complexity index is 619. The minimum atomic E-state index is -3.68. The molecule has 0 aliphatic heterocycles. The zero-order valence-corrected chi connectivity index (χ0v) is 13.0. The first-order valence-corrected chi connectivity index (χ1v) is 9.33. The van der Waals surface area contributed by atoms with Gasteiger partial charge in [0.2, 0.25) is 10.0 Å². The molecular weight excluding hydrogens is 310 g/mol. The van der Waals surface area contributed by atoms with Gasteiger partial charge in [0.25, 0.3) is 10.2 Å². The topological polar surface area (TPSA) is 118 Å². The summed E-state index contributed by atoms with van der Waals surface area (Å²) in [4.78, 5) is 0.747. The van der Waals surface area contributed by atoms with E-state index in [1.807, 2.05) is 0 Å². The Hall–Kier alpha value is -0.520. The van der Waals surface area contributed by atoms with Crippen LogP contribution in [0.15, 0.2) is 16.3 Å². The summed E-state index contributed by atoms with van der Waals surface area (Å²) in [6.45, 7) is 3.63. The molecule has 4 N–H and O–H groups in total. The maximum absolute atomic E-state index is 11.5. The SMILES string of the molecule is CC(C)NS(=O)(=O)NCCc1ccc(S(N)(=O)=O)s1. The van der Waals surface area contributed by atoms with Gasteiger partial charge in [-0.05, 0) is 32.4 Å². The Morgan fingerprint density at radius 2 is 1.89 bits per heavy atom. The molecule has 1 rings (SSSR count). The van der Waals surface area contributed by atoms with E-state index in [1.165, 1.54) is 6.07 Å². The highest BCUT2D eigenvalue weighted by Gasteiger charge is 2.13. The van der Waals surface area contributed by atoms with Crippen molar-refractivity contribution in [1.29, 1.82) is 0 Å². The van der Waals surface area contributed by atoms with Gasteiger partial charge >= 0.3 is 0 Å². The number of nitrogens with one attached hydrogen (secondary N) is 2. The monoisotopic (exact) mass is 327 g/mol. The highest BCUT2D eigenvalue weighted by atomic mass is 32.2. The molecule has 19 heavy (non-hydrogen) atoms. The molecule has 0 aliphatic rings. The first-order chi connectivity index (χ1) is 8.60. The van der Waals surface area contributed by atoms with Crippen LogP contribution in [0.4, 0.5) is 0 Å². The fourth-order valence-electron chi connectivity index (χ4n) is 1.31. The second kappa shape index (κ2) is 6.29. The normalized spacial score (nSPS) is 13.1.